The fourth-order valence-corrected chi connectivity index (χ4v) is 1.25. The lowest BCUT2D eigenvalue weighted by molar-refractivity contribution is -0.275. The van der Waals surface area contributed by atoms with Crippen LogP contribution in [0.5, 0.6) is 5.75 Å². The summed E-state index contributed by atoms with van der Waals surface area (Å²) in [4.78, 5) is 14.2. The van der Waals surface area contributed by atoms with E-state index in [9.17, 15) is 22.4 Å². The van der Waals surface area contributed by atoms with E-state index in [1.807, 2.05) is 0 Å². The molecule has 1 aromatic rings. The number of pyridine rings is 1. The summed E-state index contributed by atoms with van der Waals surface area (Å²) in [5.74, 6) is -2.86. The van der Waals surface area contributed by atoms with Crippen LogP contribution in [0.3, 0.4) is 0 Å². The summed E-state index contributed by atoms with van der Waals surface area (Å²) in [5, 5.41) is 0. The van der Waals surface area contributed by atoms with Gasteiger partial charge in [0.2, 0.25) is 5.95 Å². The third-order valence-corrected chi connectivity index (χ3v) is 2.02. The molecule has 0 fully saturated rings. The number of ether oxygens (including phenoxy) is 2. The van der Waals surface area contributed by atoms with E-state index in [4.69, 9.17) is 0 Å². The van der Waals surface area contributed by atoms with Crippen LogP contribution in [0.25, 0.3) is 0 Å². The van der Waals surface area contributed by atoms with Gasteiger partial charge in [0.25, 0.3) is 0 Å². The molecule has 1 aromatic heterocycles. The third kappa shape index (κ3) is 3.57. The zero-order chi connectivity index (χ0) is 13.9. The van der Waals surface area contributed by atoms with Crippen molar-refractivity contribution >= 4 is 5.97 Å². The summed E-state index contributed by atoms with van der Waals surface area (Å²) >= 11 is 0. The lowest BCUT2D eigenvalue weighted by Crippen LogP contribution is -2.20. The molecular formula is C10H9F4NO3. The number of halogens is 4. The van der Waals surface area contributed by atoms with Crippen molar-refractivity contribution in [3.63, 3.8) is 0 Å². The van der Waals surface area contributed by atoms with Crippen LogP contribution in [-0.4, -0.2) is 24.4 Å². The molecule has 1 heterocycles. The number of carbonyl (C=O) groups excluding carboxylic acids is 1. The van der Waals surface area contributed by atoms with Crippen LogP contribution in [0.4, 0.5) is 17.6 Å². The van der Waals surface area contributed by atoms with Gasteiger partial charge in [0.15, 0.2) is 0 Å². The second-order valence-corrected chi connectivity index (χ2v) is 3.34. The highest BCUT2D eigenvalue weighted by atomic mass is 19.4. The van der Waals surface area contributed by atoms with Gasteiger partial charge in [0.05, 0.1) is 19.1 Å². The molecule has 0 radical (unpaired) electrons. The molecule has 0 N–H and O–H groups in total. The van der Waals surface area contributed by atoms with E-state index in [1.54, 1.807) is 0 Å². The van der Waals surface area contributed by atoms with Gasteiger partial charge in [-0.3, -0.25) is 4.79 Å². The highest BCUT2D eigenvalue weighted by Crippen LogP contribution is 2.31. The topological polar surface area (TPSA) is 48.4 Å². The number of carbonyl (C=O) groups is 1. The fourth-order valence-electron chi connectivity index (χ4n) is 1.25. The molecule has 0 aromatic carbocycles. The van der Waals surface area contributed by atoms with Gasteiger partial charge in [0, 0.05) is 11.8 Å². The van der Waals surface area contributed by atoms with Crippen LogP contribution in [0.1, 0.15) is 11.1 Å². The largest absolute Gasteiger partial charge is 0.573 e. The zero-order valence-electron chi connectivity index (χ0n) is 9.47. The minimum absolute atomic E-state index is 0.0346. The molecule has 18 heavy (non-hydrogen) atoms. The molecular weight excluding hydrogens is 258 g/mol. The summed E-state index contributed by atoms with van der Waals surface area (Å²) in [6, 6.07) is 0. The Bertz CT molecular complexity index is 459. The standard InChI is InChI=1S/C10H9F4NO3/c1-5-4-15-9(11)6(3-7(16)17-2)8(5)18-10(12,13)14/h4H,3H2,1-2H3. The van der Waals surface area contributed by atoms with Crippen LogP contribution in [0.2, 0.25) is 0 Å². The summed E-state index contributed by atoms with van der Waals surface area (Å²) in [7, 11) is 1.04. The molecule has 0 unspecified atom stereocenters. The lowest BCUT2D eigenvalue weighted by Gasteiger charge is -2.15. The van der Waals surface area contributed by atoms with Gasteiger partial charge >= 0.3 is 12.3 Å². The van der Waals surface area contributed by atoms with Crippen molar-refractivity contribution < 1.29 is 31.8 Å². The third-order valence-electron chi connectivity index (χ3n) is 2.02. The number of nitrogens with zero attached hydrogens (tertiary/aromatic N) is 1. The first-order valence-electron chi connectivity index (χ1n) is 4.71. The molecule has 100 valence electrons. The number of aromatic nitrogens is 1. The molecule has 0 aliphatic carbocycles. The zero-order valence-corrected chi connectivity index (χ0v) is 9.47. The van der Waals surface area contributed by atoms with Crippen LogP contribution >= 0.6 is 0 Å². The van der Waals surface area contributed by atoms with Crippen molar-refractivity contribution in [1.82, 2.24) is 4.98 Å². The van der Waals surface area contributed by atoms with E-state index in [0.717, 1.165) is 13.3 Å². The van der Waals surface area contributed by atoms with Crippen molar-refractivity contribution in [2.45, 2.75) is 19.7 Å². The summed E-state index contributed by atoms with van der Waals surface area (Å²) in [6.07, 6.45) is -4.79. The van der Waals surface area contributed by atoms with E-state index in [0.29, 0.717) is 0 Å². The molecule has 0 bridgehead atoms. The maximum Gasteiger partial charge on any atom is 0.573 e. The average Bonchev–Trinajstić information content (AvgIpc) is 2.26. The molecule has 0 saturated carbocycles. The first-order chi connectivity index (χ1) is 8.24. The van der Waals surface area contributed by atoms with Crippen molar-refractivity contribution in [3.05, 3.63) is 23.3 Å². The van der Waals surface area contributed by atoms with Gasteiger partial charge in [-0.05, 0) is 6.92 Å². The first kappa shape index (κ1) is 14.2. The number of hydrogen-bond donors (Lipinski definition) is 0. The van der Waals surface area contributed by atoms with Crippen molar-refractivity contribution in [3.8, 4) is 5.75 Å². The van der Waals surface area contributed by atoms with E-state index in [1.165, 1.54) is 6.92 Å². The Morgan fingerprint density at radius 1 is 1.44 bits per heavy atom. The van der Waals surface area contributed by atoms with Crippen molar-refractivity contribution in [2.75, 3.05) is 7.11 Å². The Morgan fingerprint density at radius 2 is 2.06 bits per heavy atom. The van der Waals surface area contributed by atoms with Gasteiger partial charge in [-0.25, -0.2) is 4.98 Å². The van der Waals surface area contributed by atoms with Crippen LogP contribution < -0.4 is 4.74 Å². The predicted molar refractivity (Wildman–Crippen MR) is 51.3 cm³/mol. The van der Waals surface area contributed by atoms with Crippen LogP contribution in [0, 0.1) is 12.9 Å². The normalized spacial score (nSPS) is 11.2. The number of aryl methyl sites for hydroxylation is 1. The van der Waals surface area contributed by atoms with Gasteiger partial charge < -0.3 is 9.47 Å². The smallest absolute Gasteiger partial charge is 0.469 e. The molecule has 8 heteroatoms. The maximum atomic E-state index is 13.3. The Hall–Kier alpha value is -1.86. The quantitative estimate of drug-likeness (QED) is 0.478. The number of alkyl halides is 3. The van der Waals surface area contributed by atoms with Gasteiger partial charge in [-0.1, -0.05) is 0 Å². The molecule has 0 spiro atoms. The van der Waals surface area contributed by atoms with Crippen LogP contribution in [-0.2, 0) is 16.0 Å². The Morgan fingerprint density at radius 3 is 2.56 bits per heavy atom. The maximum absolute atomic E-state index is 13.3. The molecule has 0 amide bonds. The summed E-state index contributed by atoms with van der Waals surface area (Å²) in [6.45, 7) is 1.26. The summed E-state index contributed by atoms with van der Waals surface area (Å²) < 4.78 is 57.8. The molecule has 0 aliphatic heterocycles. The number of hydrogen-bond acceptors (Lipinski definition) is 4. The number of esters is 1. The van der Waals surface area contributed by atoms with Crippen LogP contribution in [0.15, 0.2) is 6.20 Å². The summed E-state index contributed by atoms with van der Waals surface area (Å²) in [5.41, 5.74) is -0.619. The molecule has 0 saturated heterocycles. The van der Waals surface area contributed by atoms with Crippen molar-refractivity contribution in [1.29, 1.82) is 0 Å². The number of rotatable bonds is 3. The van der Waals surface area contributed by atoms with E-state index < -0.39 is 36.0 Å². The SMILES string of the molecule is COC(=O)Cc1c(F)ncc(C)c1OC(F)(F)F. The second kappa shape index (κ2) is 5.19. The first-order valence-corrected chi connectivity index (χ1v) is 4.71. The monoisotopic (exact) mass is 267 g/mol. The Labute approximate surface area is 99.5 Å². The Kier molecular flexibility index (Phi) is 4.10. The highest BCUT2D eigenvalue weighted by molar-refractivity contribution is 5.73. The van der Waals surface area contributed by atoms with Gasteiger partial charge in [0.1, 0.15) is 5.75 Å². The van der Waals surface area contributed by atoms with E-state index in [2.05, 4.69) is 14.5 Å². The second-order valence-electron chi connectivity index (χ2n) is 3.34. The van der Waals surface area contributed by atoms with E-state index in [-0.39, 0.29) is 5.56 Å². The number of methoxy groups -OCH3 is 1. The van der Waals surface area contributed by atoms with E-state index >= 15 is 0 Å². The lowest BCUT2D eigenvalue weighted by atomic mass is 10.1. The Balaban J connectivity index is 3.20. The highest BCUT2D eigenvalue weighted by Gasteiger charge is 2.34. The van der Waals surface area contributed by atoms with Gasteiger partial charge in [-0.15, -0.1) is 13.2 Å². The molecule has 4 nitrogen and oxygen atoms in total. The minimum atomic E-state index is -4.98. The molecule has 0 atom stereocenters. The molecule has 1 rings (SSSR count). The minimum Gasteiger partial charge on any atom is -0.469 e. The van der Waals surface area contributed by atoms with Gasteiger partial charge in [-0.2, -0.15) is 4.39 Å². The molecule has 0 aliphatic rings. The fraction of sp³-hybridized carbons (Fsp3) is 0.400. The average molecular weight is 267 g/mol. The van der Waals surface area contributed by atoms with Crippen molar-refractivity contribution in [2.24, 2.45) is 0 Å². The predicted octanol–water partition coefficient (Wildman–Crippen LogP) is 2.14.